The molecule has 2 nitrogen and oxygen atoms in total. The molecule has 0 saturated carbocycles. The molecule has 1 aromatic rings. The van der Waals surface area contributed by atoms with Gasteiger partial charge in [-0.2, -0.15) is 4.39 Å². The van der Waals surface area contributed by atoms with Gasteiger partial charge in [0.25, 0.3) is 0 Å². The Bertz CT molecular complexity index is 750. The molecule has 0 radical (unpaired) electrons. The lowest BCUT2D eigenvalue weighted by Crippen LogP contribution is -2.03. The van der Waals surface area contributed by atoms with Gasteiger partial charge in [-0.3, -0.25) is 0 Å². The molecule has 1 aromatic carbocycles. The van der Waals surface area contributed by atoms with Crippen molar-refractivity contribution in [3.05, 3.63) is 71.8 Å². The van der Waals surface area contributed by atoms with Crippen LogP contribution in [-0.2, 0) is 4.74 Å². The van der Waals surface area contributed by atoms with Gasteiger partial charge in [-0.05, 0) is 49.3 Å². The molecule has 2 unspecified atom stereocenters. The van der Waals surface area contributed by atoms with Crippen LogP contribution >= 0.6 is 0 Å². The molecule has 154 valence electrons. The standard InChI is InChI=1S/C23H29F3O2/c1-7-28-17(4)14-20(24)18(5)16(3)10-8-15(2)9-11-19-12-13-21(27-6)23(26)22(19)25/h9,11-16H,4-5,7-8,10H2,1-3,6H3/b11-9+,20-14+. The highest BCUT2D eigenvalue weighted by Crippen LogP contribution is 2.27. The minimum absolute atomic E-state index is 0.0725. The smallest absolute Gasteiger partial charge is 0.201 e. The normalized spacial score (nSPS) is 14.0. The van der Waals surface area contributed by atoms with Crippen molar-refractivity contribution in [2.75, 3.05) is 13.7 Å². The first kappa shape index (κ1) is 23.6. The molecular weight excluding hydrogens is 365 g/mol. The van der Waals surface area contributed by atoms with Crippen LogP contribution in [0.2, 0.25) is 0 Å². The van der Waals surface area contributed by atoms with E-state index in [4.69, 9.17) is 9.47 Å². The highest BCUT2D eigenvalue weighted by Gasteiger charge is 2.14. The fourth-order valence-corrected chi connectivity index (χ4v) is 2.58. The van der Waals surface area contributed by atoms with Gasteiger partial charge in [0, 0.05) is 11.6 Å². The molecule has 0 fully saturated rings. The fourth-order valence-electron chi connectivity index (χ4n) is 2.58. The SMILES string of the molecule is C=C(/C=C(/F)C(=C)C(C)CCC(C)/C=C/c1ccc(OC)c(F)c1F)OCC. The van der Waals surface area contributed by atoms with Crippen molar-refractivity contribution in [1.29, 1.82) is 0 Å². The number of halogens is 3. The van der Waals surface area contributed by atoms with E-state index in [0.29, 0.717) is 18.6 Å². The molecule has 0 bridgehead atoms. The van der Waals surface area contributed by atoms with Crippen molar-refractivity contribution >= 4 is 6.08 Å². The summed E-state index contributed by atoms with van der Waals surface area (Å²) in [5.74, 6) is -2.22. The zero-order chi connectivity index (χ0) is 21.3. The summed E-state index contributed by atoms with van der Waals surface area (Å²) < 4.78 is 51.8. The Morgan fingerprint density at radius 1 is 1.14 bits per heavy atom. The molecule has 0 saturated heterocycles. The molecule has 0 N–H and O–H groups in total. The number of hydrogen-bond donors (Lipinski definition) is 0. The van der Waals surface area contributed by atoms with Gasteiger partial charge < -0.3 is 9.47 Å². The average molecular weight is 394 g/mol. The lowest BCUT2D eigenvalue weighted by atomic mass is 9.91. The van der Waals surface area contributed by atoms with Gasteiger partial charge in [0.2, 0.25) is 5.82 Å². The van der Waals surface area contributed by atoms with Gasteiger partial charge in [-0.25, -0.2) is 8.78 Å². The second-order valence-corrected chi connectivity index (χ2v) is 6.72. The number of rotatable bonds is 11. The Balaban J connectivity index is 2.63. The highest BCUT2D eigenvalue weighted by atomic mass is 19.2. The predicted octanol–water partition coefficient (Wildman–Crippen LogP) is 7.00. The van der Waals surface area contributed by atoms with Crippen LogP contribution in [0.15, 0.2) is 54.6 Å². The van der Waals surface area contributed by atoms with Crippen molar-refractivity contribution in [2.24, 2.45) is 11.8 Å². The summed E-state index contributed by atoms with van der Waals surface area (Å²) in [4.78, 5) is 0. The summed E-state index contributed by atoms with van der Waals surface area (Å²) in [7, 11) is 1.29. The van der Waals surface area contributed by atoms with Crippen LogP contribution in [0, 0.1) is 23.5 Å². The van der Waals surface area contributed by atoms with Gasteiger partial charge in [-0.1, -0.05) is 39.2 Å². The number of benzene rings is 1. The zero-order valence-corrected chi connectivity index (χ0v) is 17.0. The molecule has 0 aliphatic carbocycles. The van der Waals surface area contributed by atoms with Gasteiger partial charge >= 0.3 is 0 Å². The predicted molar refractivity (Wildman–Crippen MR) is 109 cm³/mol. The van der Waals surface area contributed by atoms with Gasteiger partial charge in [0.15, 0.2) is 11.6 Å². The largest absolute Gasteiger partial charge is 0.494 e. The van der Waals surface area contributed by atoms with Gasteiger partial charge in [0.1, 0.15) is 11.6 Å². The van der Waals surface area contributed by atoms with Crippen molar-refractivity contribution in [2.45, 2.75) is 33.6 Å². The molecule has 0 aliphatic heterocycles. The van der Waals surface area contributed by atoms with Crippen LogP contribution in [0.25, 0.3) is 6.08 Å². The maximum Gasteiger partial charge on any atom is 0.201 e. The summed E-state index contributed by atoms with van der Waals surface area (Å²) in [6.07, 6.45) is 6.05. The van der Waals surface area contributed by atoms with E-state index in [9.17, 15) is 13.2 Å². The molecule has 2 atom stereocenters. The third-order valence-electron chi connectivity index (χ3n) is 4.48. The minimum Gasteiger partial charge on any atom is -0.494 e. The molecule has 0 aliphatic rings. The molecule has 28 heavy (non-hydrogen) atoms. The molecule has 5 heteroatoms. The van der Waals surface area contributed by atoms with E-state index in [0.717, 1.165) is 6.42 Å². The highest BCUT2D eigenvalue weighted by molar-refractivity contribution is 5.52. The van der Waals surface area contributed by atoms with E-state index in [2.05, 4.69) is 13.2 Å². The molecule has 0 aromatic heterocycles. The Morgan fingerprint density at radius 2 is 1.82 bits per heavy atom. The second-order valence-electron chi connectivity index (χ2n) is 6.72. The summed E-state index contributed by atoms with van der Waals surface area (Å²) >= 11 is 0. The first-order valence-electron chi connectivity index (χ1n) is 9.29. The quantitative estimate of drug-likeness (QED) is 0.297. The van der Waals surface area contributed by atoms with E-state index in [-0.39, 0.29) is 28.9 Å². The van der Waals surface area contributed by atoms with Crippen LogP contribution in [0.4, 0.5) is 13.2 Å². The molecule has 1 rings (SSSR count). The molecule has 0 spiro atoms. The van der Waals surface area contributed by atoms with Crippen molar-refractivity contribution in [3.63, 3.8) is 0 Å². The first-order valence-corrected chi connectivity index (χ1v) is 9.29. The lowest BCUT2D eigenvalue weighted by molar-refractivity contribution is 0.243. The van der Waals surface area contributed by atoms with E-state index in [1.54, 1.807) is 13.0 Å². The third-order valence-corrected chi connectivity index (χ3v) is 4.48. The second kappa shape index (κ2) is 11.4. The number of methoxy groups -OCH3 is 1. The van der Waals surface area contributed by atoms with E-state index in [1.807, 2.05) is 19.9 Å². The summed E-state index contributed by atoms with van der Waals surface area (Å²) in [5.41, 5.74) is 0.548. The summed E-state index contributed by atoms with van der Waals surface area (Å²) in [6, 6.07) is 2.86. The lowest BCUT2D eigenvalue weighted by Gasteiger charge is -2.15. The number of hydrogen-bond acceptors (Lipinski definition) is 2. The fraction of sp³-hybridized carbons (Fsp3) is 0.391. The van der Waals surface area contributed by atoms with Crippen molar-refractivity contribution in [3.8, 4) is 5.75 Å². The summed E-state index contributed by atoms with van der Waals surface area (Å²) in [5, 5.41) is 0. The van der Waals surface area contributed by atoms with E-state index >= 15 is 0 Å². The molecule has 0 amide bonds. The van der Waals surface area contributed by atoms with Gasteiger partial charge in [0.05, 0.1) is 13.7 Å². The topological polar surface area (TPSA) is 18.5 Å². The van der Waals surface area contributed by atoms with Crippen LogP contribution < -0.4 is 4.74 Å². The monoisotopic (exact) mass is 394 g/mol. The van der Waals surface area contributed by atoms with Crippen LogP contribution in [0.3, 0.4) is 0 Å². The van der Waals surface area contributed by atoms with Crippen LogP contribution in [0.1, 0.15) is 39.2 Å². The Kier molecular flexibility index (Phi) is 9.63. The van der Waals surface area contributed by atoms with Crippen LogP contribution in [0.5, 0.6) is 5.75 Å². The zero-order valence-electron chi connectivity index (χ0n) is 17.0. The van der Waals surface area contributed by atoms with Crippen molar-refractivity contribution in [1.82, 2.24) is 0 Å². The third kappa shape index (κ3) is 6.95. The Labute approximate surface area is 166 Å². The average Bonchev–Trinajstić information content (AvgIpc) is 2.66. The van der Waals surface area contributed by atoms with Gasteiger partial charge in [-0.15, -0.1) is 0 Å². The van der Waals surface area contributed by atoms with Crippen molar-refractivity contribution < 1.29 is 22.6 Å². The van der Waals surface area contributed by atoms with E-state index in [1.165, 1.54) is 25.3 Å². The number of allylic oxidation sites excluding steroid dienone is 4. The summed E-state index contributed by atoms with van der Waals surface area (Å²) in [6.45, 7) is 13.5. The van der Waals surface area contributed by atoms with Crippen LogP contribution in [-0.4, -0.2) is 13.7 Å². The Morgan fingerprint density at radius 3 is 2.43 bits per heavy atom. The molecular formula is C23H29F3O2. The maximum absolute atomic E-state index is 14.2. The Hall–Kier alpha value is -2.43. The maximum atomic E-state index is 14.2. The minimum atomic E-state index is -1.00. The number of ether oxygens (including phenoxy) is 2. The van der Waals surface area contributed by atoms with E-state index < -0.39 is 17.5 Å². The molecule has 0 heterocycles. The first-order chi connectivity index (χ1) is 13.2.